The molecule has 1 unspecified atom stereocenters. The van der Waals surface area contributed by atoms with Crippen molar-refractivity contribution in [2.45, 2.75) is 24.9 Å². The van der Waals surface area contributed by atoms with Gasteiger partial charge in [-0.05, 0) is 32.4 Å². The predicted octanol–water partition coefficient (Wildman–Crippen LogP) is 1.09. The Morgan fingerprint density at radius 1 is 1.27 bits per heavy atom. The van der Waals surface area contributed by atoms with Crippen LogP contribution in [0.15, 0.2) is 12.2 Å². The Balaban J connectivity index is 2.03. The number of hydrogen-bond acceptors (Lipinski definition) is 2. The average molecular weight is 153 g/mol. The fourth-order valence-corrected chi connectivity index (χ4v) is 1.90. The van der Waals surface area contributed by atoms with Crippen molar-refractivity contribution in [1.29, 1.82) is 0 Å². The van der Waals surface area contributed by atoms with Crippen LogP contribution in [-0.2, 0) is 4.74 Å². The highest BCUT2D eigenvalue weighted by atomic mass is 16.5. The standard InChI is InChI=1S/C9H15NO/c1-3-9(4-2-8-11-9)5-7-10-6-1/h2,4,10H,1,3,5-8H2. The van der Waals surface area contributed by atoms with Gasteiger partial charge in [0, 0.05) is 0 Å². The van der Waals surface area contributed by atoms with E-state index in [4.69, 9.17) is 4.74 Å². The van der Waals surface area contributed by atoms with Crippen LogP contribution in [0.4, 0.5) is 0 Å². The second kappa shape index (κ2) is 2.95. The zero-order chi connectivity index (χ0) is 7.57. The molecule has 2 heterocycles. The first-order chi connectivity index (χ1) is 5.41. The van der Waals surface area contributed by atoms with Crippen LogP contribution in [0.25, 0.3) is 0 Å². The molecule has 1 saturated heterocycles. The van der Waals surface area contributed by atoms with Crippen molar-refractivity contribution in [3.8, 4) is 0 Å². The van der Waals surface area contributed by atoms with Crippen LogP contribution in [0.1, 0.15) is 19.3 Å². The van der Waals surface area contributed by atoms with Gasteiger partial charge in [0.15, 0.2) is 0 Å². The molecule has 11 heavy (non-hydrogen) atoms. The zero-order valence-corrected chi connectivity index (χ0v) is 6.81. The Morgan fingerprint density at radius 3 is 3.09 bits per heavy atom. The third-order valence-electron chi connectivity index (χ3n) is 2.57. The van der Waals surface area contributed by atoms with E-state index in [-0.39, 0.29) is 5.60 Å². The van der Waals surface area contributed by atoms with Gasteiger partial charge in [-0.1, -0.05) is 12.2 Å². The Kier molecular flexibility index (Phi) is 1.96. The maximum atomic E-state index is 5.71. The number of ether oxygens (including phenoxy) is 1. The molecule has 2 nitrogen and oxygen atoms in total. The van der Waals surface area contributed by atoms with Gasteiger partial charge in [-0.25, -0.2) is 0 Å². The smallest absolute Gasteiger partial charge is 0.0880 e. The van der Waals surface area contributed by atoms with Crippen molar-refractivity contribution < 1.29 is 4.74 Å². The lowest BCUT2D eigenvalue weighted by Crippen LogP contribution is -2.28. The van der Waals surface area contributed by atoms with E-state index < -0.39 is 0 Å². The second-order valence-electron chi connectivity index (χ2n) is 3.38. The minimum Gasteiger partial charge on any atom is -0.367 e. The predicted molar refractivity (Wildman–Crippen MR) is 44.5 cm³/mol. The molecule has 1 fully saturated rings. The highest BCUT2D eigenvalue weighted by Crippen LogP contribution is 2.29. The molecule has 1 atom stereocenters. The lowest BCUT2D eigenvalue weighted by Gasteiger charge is -2.24. The third-order valence-corrected chi connectivity index (χ3v) is 2.57. The van der Waals surface area contributed by atoms with Crippen LogP contribution in [0, 0.1) is 0 Å². The van der Waals surface area contributed by atoms with Crippen LogP contribution >= 0.6 is 0 Å². The third kappa shape index (κ3) is 1.47. The Bertz CT molecular complexity index is 157. The summed E-state index contributed by atoms with van der Waals surface area (Å²) in [5, 5.41) is 3.38. The van der Waals surface area contributed by atoms with E-state index in [0.717, 1.165) is 26.1 Å². The summed E-state index contributed by atoms with van der Waals surface area (Å²) in [6, 6.07) is 0. The van der Waals surface area contributed by atoms with Gasteiger partial charge in [0.25, 0.3) is 0 Å². The lowest BCUT2D eigenvalue weighted by molar-refractivity contribution is 0.0167. The molecule has 1 spiro atoms. The van der Waals surface area contributed by atoms with Crippen LogP contribution < -0.4 is 5.32 Å². The molecule has 0 bridgehead atoms. The van der Waals surface area contributed by atoms with Crippen molar-refractivity contribution in [2.75, 3.05) is 19.7 Å². The van der Waals surface area contributed by atoms with Crippen molar-refractivity contribution in [3.63, 3.8) is 0 Å². The molecule has 0 aromatic carbocycles. The molecule has 1 N–H and O–H groups in total. The first-order valence-corrected chi connectivity index (χ1v) is 4.44. The Morgan fingerprint density at radius 2 is 2.27 bits per heavy atom. The average Bonchev–Trinajstić information content (AvgIpc) is 2.32. The summed E-state index contributed by atoms with van der Waals surface area (Å²) in [4.78, 5) is 0. The van der Waals surface area contributed by atoms with Crippen molar-refractivity contribution in [1.82, 2.24) is 5.32 Å². The van der Waals surface area contributed by atoms with Crippen molar-refractivity contribution in [3.05, 3.63) is 12.2 Å². The lowest BCUT2D eigenvalue weighted by atomic mass is 9.95. The number of rotatable bonds is 0. The monoisotopic (exact) mass is 153 g/mol. The zero-order valence-electron chi connectivity index (χ0n) is 6.81. The van der Waals surface area contributed by atoms with Crippen molar-refractivity contribution in [2.24, 2.45) is 0 Å². The fourth-order valence-electron chi connectivity index (χ4n) is 1.90. The van der Waals surface area contributed by atoms with Crippen LogP contribution in [0.2, 0.25) is 0 Å². The van der Waals surface area contributed by atoms with Gasteiger partial charge in [0.05, 0.1) is 12.2 Å². The van der Waals surface area contributed by atoms with Gasteiger partial charge in [0.2, 0.25) is 0 Å². The molecule has 2 aliphatic heterocycles. The summed E-state index contributed by atoms with van der Waals surface area (Å²) in [7, 11) is 0. The van der Waals surface area contributed by atoms with Crippen LogP contribution in [0.5, 0.6) is 0 Å². The molecule has 2 heteroatoms. The molecule has 2 aliphatic rings. The molecule has 0 saturated carbocycles. The van der Waals surface area contributed by atoms with E-state index in [9.17, 15) is 0 Å². The molecule has 0 amide bonds. The van der Waals surface area contributed by atoms with Crippen LogP contribution in [-0.4, -0.2) is 25.3 Å². The van der Waals surface area contributed by atoms with Gasteiger partial charge in [0.1, 0.15) is 0 Å². The SMILES string of the molecule is C1=CC2(CCCNCC2)OC1. The molecule has 62 valence electrons. The van der Waals surface area contributed by atoms with Gasteiger partial charge >= 0.3 is 0 Å². The summed E-state index contributed by atoms with van der Waals surface area (Å²) in [6.45, 7) is 3.07. The van der Waals surface area contributed by atoms with E-state index in [0.29, 0.717) is 0 Å². The van der Waals surface area contributed by atoms with E-state index in [1.54, 1.807) is 0 Å². The minimum atomic E-state index is 0.115. The first-order valence-electron chi connectivity index (χ1n) is 4.44. The Hall–Kier alpha value is -0.340. The highest BCUT2D eigenvalue weighted by Gasteiger charge is 2.30. The summed E-state index contributed by atoms with van der Waals surface area (Å²) >= 11 is 0. The minimum absolute atomic E-state index is 0.115. The Labute approximate surface area is 67.6 Å². The topological polar surface area (TPSA) is 21.3 Å². The molecule has 0 aromatic heterocycles. The summed E-state index contributed by atoms with van der Waals surface area (Å²) in [5.41, 5.74) is 0.115. The fraction of sp³-hybridized carbons (Fsp3) is 0.778. The molecule has 0 radical (unpaired) electrons. The molecular weight excluding hydrogens is 138 g/mol. The van der Waals surface area contributed by atoms with Crippen molar-refractivity contribution >= 4 is 0 Å². The maximum Gasteiger partial charge on any atom is 0.0880 e. The first kappa shape index (κ1) is 7.32. The number of nitrogens with one attached hydrogen (secondary N) is 1. The molecular formula is C9H15NO. The van der Waals surface area contributed by atoms with E-state index >= 15 is 0 Å². The van der Waals surface area contributed by atoms with Gasteiger partial charge < -0.3 is 10.1 Å². The van der Waals surface area contributed by atoms with E-state index in [1.807, 2.05) is 0 Å². The van der Waals surface area contributed by atoms with Gasteiger partial charge in [-0.3, -0.25) is 0 Å². The van der Waals surface area contributed by atoms with Gasteiger partial charge in [-0.2, -0.15) is 0 Å². The van der Waals surface area contributed by atoms with E-state index in [2.05, 4.69) is 17.5 Å². The number of hydrogen-bond donors (Lipinski definition) is 1. The normalized spacial score (nSPS) is 37.8. The van der Waals surface area contributed by atoms with Gasteiger partial charge in [-0.15, -0.1) is 0 Å². The summed E-state index contributed by atoms with van der Waals surface area (Å²) in [6.07, 6.45) is 7.97. The molecule has 0 aliphatic carbocycles. The van der Waals surface area contributed by atoms with Crippen LogP contribution in [0.3, 0.4) is 0 Å². The second-order valence-corrected chi connectivity index (χ2v) is 3.38. The largest absolute Gasteiger partial charge is 0.367 e. The summed E-state index contributed by atoms with van der Waals surface area (Å²) < 4.78 is 5.71. The highest BCUT2D eigenvalue weighted by molar-refractivity contribution is 5.08. The molecule has 2 rings (SSSR count). The van der Waals surface area contributed by atoms with E-state index in [1.165, 1.54) is 12.8 Å². The quantitative estimate of drug-likeness (QED) is 0.526. The maximum absolute atomic E-state index is 5.71. The molecule has 0 aromatic rings. The summed E-state index contributed by atoms with van der Waals surface area (Å²) in [5.74, 6) is 0.